The van der Waals surface area contributed by atoms with Gasteiger partial charge in [0.05, 0.1) is 7.11 Å². The summed E-state index contributed by atoms with van der Waals surface area (Å²) in [7, 11) is 1.33. The van der Waals surface area contributed by atoms with Gasteiger partial charge in [-0.25, -0.2) is 4.79 Å². The summed E-state index contributed by atoms with van der Waals surface area (Å²) in [4.78, 5) is 11.0. The van der Waals surface area contributed by atoms with Crippen molar-refractivity contribution in [3.8, 4) is 12.3 Å². The Bertz CT molecular complexity index is 221. The Kier molecular flexibility index (Phi) is 6.72. The number of carbonyl (C=O) groups excluding carboxylic acids is 1. The van der Waals surface area contributed by atoms with Crippen LogP contribution in [-0.4, -0.2) is 13.1 Å². The summed E-state index contributed by atoms with van der Waals surface area (Å²) in [6, 6.07) is 0. The second-order valence-electron chi connectivity index (χ2n) is 2.75. The van der Waals surface area contributed by atoms with Crippen LogP contribution in [0.3, 0.4) is 0 Å². The molecule has 0 rings (SSSR count). The van der Waals surface area contributed by atoms with Crippen LogP contribution in [0.5, 0.6) is 0 Å². The third kappa shape index (κ3) is 5.08. The van der Waals surface area contributed by atoms with Crippen LogP contribution in [0, 0.1) is 12.3 Å². The van der Waals surface area contributed by atoms with Crippen molar-refractivity contribution in [3.63, 3.8) is 0 Å². The van der Waals surface area contributed by atoms with Crippen LogP contribution in [0.4, 0.5) is 0 Å². The summed E-state index contributed by atoms with van der Waals surface area (Å²) in [6.45, 7) is 2.13. The van der Waals surface area contributed by atoms with Crippen LogP contribution in [-0.2, 0) is 9.53 Å². The van der Waals surface area contributed by atoms with Gasteiger partial charge in [0.2, 0.25) is 0 Å². The molecule has 0 aromatic rings. The number of hydrogen-bond acceptors (Lipinski definition) is 2. The van der Waals surface area contributed by atoms with E-state index in [1.807, 2.05) is 0 Å². The minimum Gasteiger partial charge on any atom is -0.465 e. The van der Waals surface area contributed by atoms with Crippen LogP contribution < -0.4 is 0 Å². The first kappa shape index (κ1) is 11.8. The highest BCUT2D eigenvalue weighted by Gasteiger charge is 2.04. The van der Waals surface area contributed by atoms with Gasteiger partial charge in [0, 0.05) is 0 Å². The van der Waals surface area contributed by atoms with Gasteiger partial charge >= 0.3 is 5.97 Å². The molecule has 0 amide bonds. The lowest BCUT2D eigenvalue weighted by Gasteiger charge is -1.97. The lowest BCUT2D eigenvalue weighted by Crippen LogP contribution is -2.02. The number of terminal acetylenes is 1. The van der Waals surface area contributed by atoms with Crippen LogP contribution >= 0.6 is 0 Å². The van der Waals surface area contributed by atoms with Crippen molar-refractivity contribution in [3.05, 3.63) is 11.6 Å². The van der Waals surface area contributed by atoms with Gasteiger partial charge in [0.25, 0.3) is 0 Å². The van der Waals surface area contributed by atoms with E-state index in [1.165, 1.54) is 7.11 Å². The van der Waals surface area contributed by atoms with Gasteiger partial charge in [0.15, 0.2) is 0 Å². The van der Waals surface area contributed by atoms with E-state index < -0.39 is 5.97 Å². The Hall–Kier alpha value is -1.23. The molecule has 0 unspecified atom stereocenters. The average Bonchev–Trinajstić information content (AvgIpc) is 2.17. The van der Waals surface area contributed by atoms with Crippen LogP contribution in [0.1, 0.15) is 32.6 Å². The van der Waals surface area contributed by atoms with E-state index >= 15 is 0 Å². The zero-order valence-corrected chi connectivity index (χ0v) is 8.30. The van der Waals surface area contributed by atoms with Crippen LogP contribution in [0.25, 0.3) is 0 Å². The first-order valence-corrected chi connectivity index (χ1v) is 4.51. The summed E-state index contributed by atoms with van der Waals surface area (Å²) in [6.07, 6.45) is 11.2. The Morgan fingerprint density at radius 2 is 2.23 bits per heavy atom. The lowest BCUT2D eigenvalue weighted by atomic mass is 10.1. The van der Waals surface area contributed by atoms with Gasteiger partial charge in [-0.3, -0.25) is 0 Å². The third-order valence-corrected chi connectivity index (χ3v) is 1.72. The quantitative estimate of drug-likeness (QED) is 0.281. The molecule has 0 aromatic heterocycles. The molecule has 13 heavy (non-hydrogen) atoms. The first-order chi connectivity index (χ1) is 6.26. The standard InChI is InChI=1S/C11H16O2/c1-4-6-7-8-9-10(5-2)11(12)13-3/h2,9H,4,6-8H2,1,3H3/b10-9+. The highest BCUT2D eigenvalue weighted by Crippen LogP contribution is 2.04. The molecule has 0 radical (unpaired) electrons. The number of ether oxygens (including phenoxy) is 1. The molecule has 0 saturated carbocycles. The van der Waals surface area contributed by atoms with Gasteiger partial charge in [-0.1, -0.05) is 31.8 Å². The maximum Gasteiger partial charge on any atom is 0.346 e. The van der Waals surface area contributed by atoms with E-state index in [0.717, 1.165) is 25.7 Å². The SMILES string of the molecule is C#C/C(=C\CCCCC)C(=O)OC. The van der Waals surface area contributed by atoms with E-state index in [2.05, 4.69) is 17.6 Å². The van der Waals surface area contributed by atoms with Gasteiger partial charge in [-0.2, -0.15) is 0 Å². The van der Waals surface area contributed by atoms with E-state index in [1.54, 1.807) is 6.08 Å². The van der Waals surface area contributed by atoms with Crippen LogP contribution in [0.2, 0.25) is 0 Å². The van der Waals surface area contributed by atoms with Gasteiger partial charge in [0.1, 0.15) is 5.57 Å². The monoisotopic (exact) mass is 180 g/mol. The Balaban J connectivity index is 3.95. The van der Waals surface area contributed by atoms with E-state index in [0.29, 0.717) is 5.57 Å². The smallest absolute Gasteiger partial charge is 0.346 e. The number of unbranched alkanes of at least 4 members (excludes halogenated alkanes) is 3. The van der Waals surface area contributed by atoms with Gasteiger partial charge in [-0.15, -0.1) is 6.42 Å². The number of rotatable bonds is 5. The molecule has 2 heteroatoms. The van der Waals surface area contributed by atoms with Crippen molar-refractivity contribution in [2.75, 3.05) is 7.11 Å². The Morgan fingerprint density at radius 1 is 1.54 bits per heavy atom. The molecule has 0 N–H and O–H groups in total. The van der Waals surface area contributed by atoms with Crippen molar-refractivity contribution in [2.24, 2.45) is 0 Å². The van der Waals surface area contributed by atoms with Crippen molar-refractivity contribution in [2.45, 2.75) is 32.6 Å². The molecule has 0 aromatic carbocycles. The molecular formula is C11H16O2. The number of allylic oxidation sites excluding steroid dienone is 1. The Labute approximate surface area is 80.0 Å². The molecule has 0 spiro atoms. The minimum absolute atomic E-state index is 0.332. The molecule has 0 aliphatic carbocycles. The fraction of sp³-hybridized carbons (Fsp3) is 0.545. The Morgan fingerprint density at radius 3 is 2.69 bits per heavy atom. The van der Waals surface area contributed by atoms with E-state index in [4.69, 9.17) is 6.42 Å². The largest absolute Gasteiger partial charge is 0.465 e. The maximum atomic E-state index is 11.0. The molecular weight excluding hydrogens is 164 g/mol. The molecule has 0 saturated heterocycles. The predicted octanol–water partition coefficient (Wildman–Crippen LogP) is 2.30. The second kappa shape index (κ2) is 7.42. The number of esters is 1. The highest BCUT2D eigenvalue weighted by molar-refractivity contribution is 5.93. The van der Waals surface area contributed by atoms with Crippen molar-refractivity contribution >= 4 is 5.97 Å². The highest BCUT2D eigenvalue weighted by atomic mass is 16.5. The average molecular weight is 180 g/mol. The predicted molar refractivity (Wildman–Crippen MR) is 53.1 cm³/mol. The summed E-state index contributed by atoms with van der Waals surface area (Å²) >= 11 is 0. The normalized spacial score (nSPS) is 10.7. The van der Waals surface area contributed by atoms with Crippen molar-refractivity contribution in [1.82, 2.24) is 0 Å². The number of carbonyl (C=O) groups is 1. The summed E-state index contributed by atoms with van der Waals surface area (Å²) in [5, 5.41) is 0. The lowest BCUT2D eigenvalue weighted by molar-refractivity contribution is -0.135. The minimum atomic E-state index is -0.418. The fourth-order valence-corrected chi connectivity index (χ4v) is 0.952. The van der Waals surface area contributed by atoms with Crippen molar-refractivity contribution in [1.29, 1.82) is 0 Å². The molecule has 2 nitrogen and oxygen atoms in total. The molecule has 0 aliphatic heterocycles. The summed E-state index contributed by atoms with van der Waals surface area (Å²) in [5.74, 6) is 1.90. The first-order valence-electron chi connectivity index (χ1n) is 4.51. The maximum absolute atomic E-state index is 11.0. The molecule has 0 atom stereocenters. The van der Waals surface area contributed by atoms with Gasteiger partial charge in [-0.05, 0) is 12.8 Å². The summed E-state index contributed by atoms with van der Waals surface area (Å²) in [5.41, 5.74) is 0.332. The molecule has 72 valence electrons. The summed E-state index contributed by atoms with van der Waals surface area (Å²) < 4.78 is 4.51. The number of methoxy groups -OCH3 is 1. The zero-order valence-electron chi connectivity index (χ0n) is 8.30. The second-order valence-corrected chi connectivity index (χ2v) is 2.75. The fourth-order valence-electron chi connectivity index (χ4n) is 0.952. The number of hydrogen-bond donors (Lipinski definition) is 0. The van der Waals surface area contributed by atoms with Crippen LogP contribution in [0.15, 0.2) is 11.6 Å². The topological polar surface area (TPSA) is 26.3 Å². The van der Waals surface area contributed by atoms with E-state index in [-0.39, 0.29) is 0 Å². The molecule has 0 bridgehead atoms. The van der Waals surface area contributed by atoms with Crippen molar-refractivity contribution < 1.29 is 9.53 Å². The third-order valence-electron chi connectivity index (χ3n) is 1.72. The molecule has 0 heterocycles. The zero-order chi connectivity index (χ0) is 10.1. The molecule has 0 fully saturated rings. The van der Waals surface area contributed by atoms with Gasteiger partial charge < -0.3 is 4.74 Å². The molecule has 0 aliphatic rings. The van der Waals surface area contributed by atoms with E-state index in [9.17, 15) is 4.79 Å².